The Kier molecular flexibility index (Phi) is 3.73. The van der Waals surface area contributed by atoms with Crippen LogP contribution in [0.3, 0.4) is 0 Å². The van der Waals surface area contributed by atoms with Crippen molar-refractivity contribution in [1.29, 1.82) is 5.41 Å². The first-order chi connectivity index (χ1) is 6.61. The molecule has 0 aromatic rings. The molecule has 80 valence electrons. The first-order valence-corrected chi connectivity index (χ1v) is 5.06. The van der Waals surface area contributed by atoms with Crippen molar-refractivity contribution < 1.29 is 0 Å². The highest BCUT2D eigenvalue weighted by Crippen LogP contribution is 2.34. The summed E-state index contributed by atoms with van der Waals surface area (Å²) in [5.74, 6) is 0.936. The van der Waals surface area contributed by atoms with Crippen molar-refractivity contribution in [1.82, 2.24) is 5.32 Å². The van der Waals surface area contributed by atoms with Gasteiger partial charge in [-0.3, -0.25) is 10.7 Å². The van der Waals surface area contributed by atoms with Crippen LogP contribution in [0.5, 0.6) is 0 Å². The number of rotatable bonds is 4. The zero-order valence-corrected chi connectivity index (χ0v) is 8.59. The van der Waals surface area contributed by atoms with E-state index in [0.717, 1.165) is 18.8 Å². The Morgan fingerprint density at radius 1 is 1.57 bits per heavy atom. The molecule has 0 aromatic heterocycles. The molecule has 0 aromatic carbocycles. The number of hydrogen-bond donors (Lipinski definition) is 4. The van der Waals surface area contributed by atoms with Crippen molar-refractivity contribution in [3.63, 3.8) is 0 Å². The van der Waals surface area contributed by atoms with E-state index >= 15 is 0 Å². The minimum absolute atomic E-state index is 0.160. The summed E-state index contributed by atoms with van der Waals surface area (Å²) in [6.07, 6.45) is 4.74. The number of guanidine groups is 2. The summed E-state index contributed by atoms with van der Waals surface area (Å²) >= 11 is 0. The van der Waals surface area contributed by atoms with Crippen molar-refractivity contribution in [2.75, 3.05) is 0 Å². The molecular formula is C9H19N5. The molecular weight excluding hydrogens is 178 g/mol. The summed E-state index contributed by atoms with van der Waals surface area (Å²) in [5.41, 5.74) is 10.7. The molecule has 0 radical (unpaired) electrons. The van der Waals surface area contributed by atoms with Gasteiger partial charge in [0.15, 0.2) is 11.9 Å². The van der Waals surface area contributed by atoms with Crippen molar-refractivity contribution in [3.05, 3.63) is 0 Å². The Hall–Kier alpha value is -1.26. The third-order valence-corrected chi connectivity index (χ3v) is 2.36. The minimum atomic E-state index is -0.160. The topological polar surface area (TPSA) is 100 Å². The van der Waals surface area contributed by atoms with E-state index in [-0.39, 0.29) is 18.0 Å². The van der Waals surface area contributed by atoms with Gasteiger partial charge in [0, 0.05) is 0 Å². The van der Waals surface area contributed by atoms with Crippen LogP contribution in [0.25, 0.3) is 0 Å². The zero-order chi connectivity index (χ0) is 10.6. The highest BCUT2D eigenvalue weighted by Gasteiger charge is 2.24. The van der Waals surface area contributed by atoms with Crippen LogP contribution in [0, 0.1) is 11.3 Å². The second kappa shape index (κ2) is 4.83. The third kappa shape index (κ3) is 4.11. The van der Waals surface area contributed by atoms with Gasteiger partial charge in [-0.2, -0.15) is 0 Å². The molecule has 0 aliphatic heterocycles. The predicted molar refractivity (Wildman–Crippen MR) is 58.1 cm³/mol. The minimum Gasteiger partial charge on any atom is -0.370 e. The highest BCUT2D eigenvalue weighted by atomic mass is 15.2. The summed E-state index contributed by atoms with van der Waals surface area (Å²) in [6.45, 7) is 2.09. The van der Waals surface area contributed by atoms with Gasteiger partial charge < -0.3 is 11.5 Å². The molecule has 0 bridgehead atoms. The molecule has 6 N–H and O–H groups in total. The van der Waals surface area contributed by atoms with Crippen LogP contribution in [0.2, 0.25) is 0 Å². The second-order valence-electron chi connectivity index (χ2n) is 3.79. The molecule has 0 saturated heterocycles. The van der Waals surface area contributed by atoms with Crippen LogP contribution in [-0.2, 0) is 0 Å². The van der Waals surface area contributed by atoms with Crippen LogP contribution in [0.1, 0.15) is 32.6 Å². The average Bonchev–Trinajstić information content (AvgIpc) is 2.85. The van der Waals surface area contributed by atoms with Crippen LogP contribution in [-0.4, -0.2) is 18.0 Å². The van der Waals surface area contributed by atoms with E-state index in [1.165, 1.54) is 12.8 Å². The number of nitrogens with zero attached hydrogens (tertiary/aromatic N) is 1. The fourth-order valence-corrected chi connectivity index (χ4v) is 1.42. The lowest BCUT2D eigenvalue weighted by atomic mass is 10.1. The van der Waals surface area contributed by atoms with Crippen LogP contribution in [0.4, 0.5) is 0 Å². The van der Waals surface area contributed by atoms with Crippen molar-refractivity contribution in [3.8, 4) is 0 Å². The molecule has 1 fully saturated rings. The van der Waals surface area contributed by atoms with Gasteiger partial charge in [0.1, 0.15) is 0 Å². The molecule has 1 aliphatic rings. The number of hydrogen-bond acceptors (Lipinski definition) is 2. The number of aliphatic imine (C=N–C) groups is 1. The van der Waals surface area contributed by atoms with Gasteiger partial charge in [0.2, 0.25) is 0 Å². The third-order valence-electron chi connectivity index (χ3n) is 2.36. The SMILES string of the molecule is CCC(CC1CC1)N=C(N)NC(=N)N. The number of nitrogens with one attached hydrogen (secondary N) is 2. The van der Waals surface area contributed by atoms with Gasteiger partial charge in [-0.15, -0.1) is 0 Å². The van der Waals surface area contributed by atoms with Gasteiger partial charge in [-0.1, -0.05) is 19.8 Å². The average molecular weight is 197 g/mol. The fourth-order valence-electron chi connectivity index (χ4n) is 1.42. The highest BCUT2D eigenvalue weighted by molar-refractivity contribution is 5.95. The Morgan fingerprint density at radius 3 is 2.64 bits per heavy atom. The van der Waals surface area contributed by atoms with E-state index in [2.05, 4.69) is 17.2 Å². The first-order valence-electron chi connectivity index (χ1n) is 5.06. The largest absolute Gasteiger partial charge is 0.370 e. The summed E-state index contributed by atoms with van der Waals surface area (Å²) in [7, 11) is 0. The smallest absolute Gasteiger partial charge is 0.195 e. The van der Waals surface area contributed by atoms with E-state index in [0.29, 0.717) is 0 Å². The van der Waals surface area contributed by atoms with Crippen molar-refractivity contribution >= 4 is 11.9 Å². The van der Waals surface area contributed by atoms with E-state index in [1.807, 2.05) is 0 Å². The van der Waals surface area contributed by atoms with Crippen molar-refractivity contribution in [2.24, 2.45) is 22.4 Å². The van der Waals surface area contributed by atoms with E-state index in [4.69, 9.17) is 16.9 Å². The predicted octanol–water partition coefficient (Wildman–Crippen LogP) is 0.363. The monoisotopic (exact) mass is 197 g/mol. The van der Waals surface area contributed by atoms with Crippen LogP contribution < -0.4 is 16.8 Å². The molecule has 14 heavy (non-hydrogen) atoms. The molecule has 1 rings (SSSR count). The second-order valence-corrected chi connectivity index (χ2v) is 3.79. The molecule has 0 amide bonds. The van der Waals surface area contributed by atoms with Crippen LogP contribution in [0.15, 0.2) is 4.99 Å². The Bertz CT molecular complexity index is 231. The van der Waals surface area contributed by atoms with Gasteiger partial charge >= 0.3 is 0 Å². The van der Waals surface area contributed by atoms with Gasteiger partial charge in [0.05, 0.1) is 6.04 Å². The Labute approximate surface area is 84.5 Å². The normalized spacial score (nSPS) is 19.1. The lowest BCUT2D eigenvalue weighted by molar-refractivity contribution is 0.555. The molecule has 5 heteroatoms. The molecule has 1 atom stereocenters. The van der Waals surface area contributed by atoms with Crippen molar-refractivity contribution in [2.45, 2.75) is 38.6 Å². The molecule has 0 heterocycles. The summed E-state index contributed by atoms with van der Waals surface area (Å²) in [5, 5.41) is 9.48. The maximum absolute atomic E-state index is 6.99. The molecule has 1 aliphatic carbocycles. The molecule has 0 spiro atoms. The fraction of sp³-hybridized carbons (Fsp3) is 0.778. The quantitative estimate of drug-likeness (QED) is 0.387. The Morgan fingerprint density at radius 2 is 2.21 bits per heavy atom. The summed E-state index contributed by atoms with van der Waals surface area (Å²) in [6, 6.07) is 0.273. The van der Waals surface area contributed by atoms with Crippen LogP contribution >= 0.6 is 0 Å². The van der Waals surface area contributed by atoms with Gasteiger partial charge in [-0.05, 0) is 18.8 Å². The maximum Gasteiger partial charge on any atom is 0.195 e. The van der Waals surface area contributed by atoms with E-state index in [1.54, 1.807) is 0 Å². The molecule has 1 saturated carbocycles. The van der Waals surface area contributed by atoms with Gasteiger partial charge in [-0.25, -0.2) is 4.99 Å². The van der Waals surface area contributed by atoms with E-state index in [9.17, 15) is 0 Å². The van der Waals surface area contributed by atoms with Gasteiger partial charge in [0.25, 0.3) is 0 Å². The first kappa shape index (κ1) is 10.8. The lowest BCUT2D eigenvalue weighted by Gasteiger charge is -2.10. The standard InChI is InChI=1S/C9H19N5/c1-2-7(5-6-3-4-6)13-9(12)14-8(10)11/h6-7H,2-5H2,1H3,(H6,10,11,12,13,14). The maximum atomic E-state index is 6.99. The van der Waals surface area contributed by atoms with E-state index < -0.39 is 0 Å². The summed E-state index contributed by atoms with van der Waals surface area (Å²) in [4.78, 5) is 4.28. The molecule has 1 unspecified atom stereocenters. The zero-order valence-electron chi connectivity index (χ0n) is 8.59. The summed E-state index contributed by atoms with van der Waals surface area (Å²) < 4.78 is 0. The lowest BCUT2D eigenvalue weighted by Crippen LogP contribution is -2.41. The number of nitrogens with two attached hydrogens (primary N) is 2. The Balaban J connectivity index is 2.38. The molecule has 5 nitrogen and oxygen atoms in total.